The van der Waals surface area contributed by atoms with Crippen molar-refractivity contribution < 1.29 is 12.6 Å². The molecule has 0 spiro atoms. The van der Waals surface area contributed by atoms with E-state index in [0.29, 0.717) is 0 Å². The largest absolute Gasteiger partial charge is 0.724 e. The lowest BCUT2D eigenvalue weighted by Gasteiger charge is -2.34. The van der Waals surface area contributed by atoms with Gasteiger partial charge in [0.25, 0.3) is 0 Å². The van der Waals surface area contributed by atoms with Crippen molar-refractivity contribution in [2.24, 2.45) is 0 Å². The van der Waals surface area contributed by atoms with Crippen molar-refractivity contribution in [3.63, 3.8) is 0 Å². The standard InChI is InChI=1S/C13H17NO2S3/c1-14(2,19(15)16)12(11-7-4-3-5-8-11)13-17-9-6-10-18-13/h3-5,7-8H,6,9-10H2,1-2H3. The Hall–Kier alpha value is -0.270. The van der Waals surface area contributed by atoms with Crippen LogP contribution in [-0.4, -0.2) is 38.3 Å². The van der Waals surface area contributed by atoms with Crippen molar-refractivity contribution in [3.8, 4) is 0 Å². The van der Waals surface area contributed by atoms with Crippen molar-refractivity contribution in [3.05, 3.63) is 40.1 Å². The molecule has 0 amide bonds. The van der Waals surface area contributed by atoms with E-state index in [-0.39, 0.29) is 3.89 Å². The van der Waals surface area contributed by atoms with E-state index in [4.69, 9.17) is 0 Å². The van der Waals surface area contributed by atoms with Crippen LogP contribution >= 0.6 is 23.5 Å². The number of benzene rings is 1. The fourth-order valence-electron chi connectivity index (χ4n) is 1.89. The Morgan fingerprint density at radius 1 is 1.21 bits per heavy atom. The van der Waals surface area contributed by atoms with E-state index in [2.05, 4.69) is 0 Å². The van der Waals surface area contributed by atoms with Crippen LogP contribution in [0.4, 0.5) is 0 Å². The van der Waals surface area contributed by atoms with Crippen LogP contribution in [0.25, 0.3) is 5.70 Å². The number of thioether (sulfide) groups is 2. The van der Waals surface area contributed by atoms with Gasteiger partial charge in [0.2, 0.25) is 0 Å². The van der Waals surface area contributed by atoms with Crippen LogP contribution in [0.2, 0.25) is 0 Å². The summed E-state index contributed by atoms with van der Waals surface area (Å²) in [5, 5.41) is 0. The van der Waals surface area contributed by atoms with Crippen molar-refractivity contribution in [1.29, 1.82) is 0 Å². The van der Waals surface area contributed by atoms with Crippen LogP contribution in [0, 0.1) is 0 Å². The minimum absolute atomic E-state index is 0.140. The summed E-state index contributed by atoms with van der Waals surface area (Å²) < 4.78 is 24.2. The number of rotatable bonds is 3. The van der Waals surface area contributed by atoms with Gasteiger partial charge in [0.1, 0.15) is 4.24 Å². The third kappa shape index (κ3) is 3.44. The molecule has 1 saturated heterocycles. The Morgan fingerprint density at radius 2 is 1.79 bits per heavy atom. The second-order valence-corrected chi connectivity index (χ2v) is 8.44. The van der Waals surface area contributed by atoms with Crippen LogP contribution in [0.3, 0.4) is 0 Å². The molecule has 1 unspecified atom stereocenters. The monoisotopic (exact) mass is 315 g/mol. The van der Waals surface area contributed by atoms with Gasteiger partial charge in [0.05, 0.1) is 14.1 Å². The maximum absolute atomic E-state index is 11.6. The van der Waals surface area contributed by atoms with Crippen molar-refractivity contribution in [2.75, 3.05) is 25.6 Å². The molecule has 1 fully saturated rings. The van der Waals surface area contributed by atoms with Crippen LogP contribution in [0.5, 0.6) is 0 Å². The minimum atomic E-state index is -2.21. The Morgan fingerprint density at radius 3 is 2.32 bits per heavy atom. The van der Waals surface area contributed by atoms with Crippen molar-refractivity contribution in [2.45, 2.75) is 6.42 Å². The normalized spacial score (nSPS) is 18.2. The molecule has 1 heterocycles. The first-order chi connectivity index (χ1) is 9.03. The number of quaternary nitrogens is 1. The summed E-state index contributed by atoms with van der Waals surface area (Å²) in [6.07, 6.45) is 1.18. The van der Waals surface area contributed by atoms with Gasteiger partial charge in [-0.25, -0.2) is 8.10 Å². The summed E-state index contributed by atoms with van der Waals surface area (Å²) in [6, 6.07) is 9.79. The lowest BCUT2D eigenvalue weighted by molar-refractivity contribution is -0.681. The summed E-state index contributed by atoms with van der Waals surface area (Å²) in [5.74, 6) is 2.12. The number of nitrogens with zero attached hydrogens (tertiary/aromatic N) is 1. The molecule has 0 aromatic heterocycles. The smallest absolute Gasteiger partial charge is 0.172 e. The highest BCUT2D eigenvalue weighted by molar-refractivity contribution is 8.23. The molecule has 19 heavy (non-hydrogen) atoms. The maximum atomic E-state index is 11.6. The van der Waals surface area contributed by atoms with Gasteiger partial charge in [0, 0.05) is 5.56 Å². The summed E-state index contributed by atoms with van der Waals surface area (Å²) in [6.45, 7) is 0. The molecular formula is C13H17NO2S3. The summed E-state index contributed by atoms with van der Waals surface area (Å²) in [4.78, 5) is 0. The molecule has 0 bridgehead atoms. The van der Waals surface area contributed by atoms with Gasteiger partial charge in [-0.2, -0.15) is 0 Å². The van der Waals surface area contributed by atoms with E-state index in [1.807, 2.05) is 30.3 Å². The van der Waals surface area contributed by atoms with Crippen LogP contribution < -0.4 is 0 Å². The van der Waals surface area contributed by atoms with E-state index in [9.17, 15) is 8.76 Å². The Kier molecular flexibility index (Phi) is 5.14. The lowest BCUT2D eigenvalue weighted by Crippen LogP contribution is -2.39. The minimum Gasteiger partial charge on any atom is -0.724 e. The zero-order valence-electron chi connectivity index (χ0n) is 11.0. The van der Waals surface area contributed by atoms with Crippen LogP contribution in [0.15, 0.2) is 34.6 Å². The molecule has 0 N–H and O–H groups in total. The summed E-state index contributed by atoms with van der Waals surface area (Å²) in [7, 11) is 3.43. The second-order valence-electron chi connectivity index (χ2n) is 4.62. The van der Waals surface area contributed by atoms with Crippen molar-refractivity contribution >= 4 is 40.5 Å². The molecule has 6 heteroatoms. The molecule has 2 rings (SSSR count). The molecule has 1 aromatic carbocycles. The molecule has 104 valence electrons. The summed E-state index contributed by atoms with van der Waals surface area (Å²) >= 11 is 1.32. The predicted octanol–water partition coefficient (Wildman–Crippen LogP) is 3.05. The van der Waals surface area contributed by atoms with Gasteiger partial charge in [0.15, 0.2) is 17.0 Å². The molecule has 0 aliphatic carbocycles. The second kappa shape index (κ2) is 6.45. The van der Waals surface area contributed by atoms with E-state index in [1.54, 1.807) is 37.6 Å². The average molecular weight is 315 g/mol. The van der Waals surface area contributed by atoms with E-state index in [1.165, 1.54) is 6.42 Å². The Balaban J connectivity index is 2.54. The Labute approximate surface area is 125 Å². The van der Waals surface area contributed by atoms with E-state index < -0.39 is 11.3 Å². The predicted molar refractivity (Wildman–Crippen MR) is 83.9 cm³/mol. The van der Waals surface area contributed by atoms with Gasteiger partial charge in [-0.15, -0.1) is 23.5 Å². The quantitative estimate of drug-likeness (QED) is 0.635. The molecule has 3 nitrogen and oxygen atoms in total. The Bertz CT molecular complexity index is 492. The van der Waals surface area contributed by atoms with Gasteiger partial charge >= 0.3 is 0 Å². The third-order valence-corrected chi connectivity index (χ3v) is 6.44. The maximum Gasteiger partial charge on any atom is 0.172 e. The van der Waals surface area contributed by atoms with Crippen LogP contribution in [0.1, 0.15) is 12.0 Å². The zero-order valence-corrected chi connectivity index (χ0v) is 13.4. The molecule has 0 radical (unpaired) electrons. The SMILES string of the molecule is C[N+](C)(C(=C1SCCCS1)c1ccccc1)S(=O)[O-]. The number of hydrogen-bond acceptors (Lipinski definition) is 4. The van der Waals surface area contributed by atoms with Crippen molar-refractivity contribution in [1.82, 2.24) is 0 Å². The summed E-state index contributed by atoms with van der Waals surface area (Å²) in [5.41, 5.74) is 1.86. The average Bonchev–Trinajstić information content (AvgIpc) is 2.41. The lowest BCUT2D eigenvalue weighted by atomic mass is 10.1. The first kappa shape index (κ1) is 15.1. The highest BCUT2D eigenvalue weighted by Gasteiger charge is 2.31. The highest BCUT2D eigenvalue weighted by Crippen LogP contribution is 2.43. The topological polar surface area (TPSA) is 40.1 Å². The molecule has 1 aromatic rings. The first-order valence-corrected chi connectivity index (χ1v) is 9.03. The fourth-order valence-corrected chi connectivity index (χ4v) is 5.28. The van der Waals surface area contributed by atoms with Gasteiger partial charge < -0.3 is 4.55 Å². The molecule has 0 saturated carbocycles. The van der Waals surface area contributed by atoms with Gasteiger partial charge in [-0.3, -0.25) is 0 Å². The zero-order chi connectivity index (χ0) is 13.9. The van der Waals surface area contributed by atoms with Gasteiger partial charge in [-0.1, -0.05) is 18.2 Å². The van der Waals surface area contributed by atoms with Gasteiger partial charge in [-0.05, 0) is 30.1 Å². The van der Waals surface area contributed by atoms with E-state index in [0.717, 1.165) is 27.0 Å². The first-order valence-electron chi connectivity index (χ1n) is 6.03. The molecule has 1 aliphatic heterocycles. The highest BCUT2D eigenvalue weighted by atomic mass is 32.2. The molecule has 1 atom stereocenters. The number of hydrogen-bond donors (Lipinski definition) is 0. The molecular weight excluding hydrogens is 298 g/mol. The molecule has 1 aliphatic rings. The van der Waals surface area contributed by atoms with E-state index >= 15 is 0 Å². The third-order valence-electron chi connectivity index (χ3n) is 2.91. The van der Waals surface area contributed by atoms with Crippen LogP contribution in [-0.2, 0) is 11.3 Å². The fraction of sp³-hybridized carbons (Fsp3) is 0.385.